The Hall–Kier alpha value is -3.26. The summed E-state index contributed by atoms with van der Waals surface area (Å²) in [7, 11) is 0. The molecule has 2 N–H and O–H groups in total. The van der Waals surface area contributed by atoms with Gasteiger partial charge in [-0.25, -0.2) is 9.97 Å². The van der Waals surface area contributed by atoms with Gasteiger partial charge in [0.2, 0.25) is 11.8 Å². The van der Waals surface area contributed by atoms with Crippen molar-refractivity contribution in [2.45, 2.75) is 65.0 Å². The van der Waals surface area contributed by atoms with Crippen molar-refractivity contribution in [1.82, 2.24) is 25.2 Å². The highest BCUT2D eigenvalue weighted by Crippen LogP contribution is 2.36. The molecule has 0 unspecified atom stereocenters. The number of rotatable bonds is 7. The zero-order valence-corrected chi connectivity index (χ0v) is 22.0. The second-order valence-corrected chi connectivity index (χ2v) is 10.4. The van der Waals surface area contributed by atoms with Gasteiger partial charge in [-0.15, -0.1) is 0 Å². The smallest absolute Gasteiger partial charge is 0.246 e. The van der Waals surface area contributed by atoms with Crippen molar-refractivity contribution < 1.29 is 14.3 Å². The summed E-state index contributed by atoms with van der Waals surface area (Å²) >= 11 is 0. The van der Waals surface area contributed by atoms with Gasteiger partial charge in [-0.2, -0.15) is 0 Å². The molecular weight excluding hydrogens is 466 g/mol. The highest BCUT2D eigenvalue weighted by atomic mass is 16.5. The van der Waals surface area contributed by atoms with E-state index in [1.165, 1.54) is 0 Å². The van der Waals surface area contributed by atoms with Gasteiger partial charge in [0.1, 0.15) is 11.9 Å². The van der Waals surface area contributed by atoms with Gasteiger partial charge in [0, 0.05) is 36.9 Å². The van der Waals surface area contributed by atoms with Crippen molar-refractivity contribution in [3.63, 3.8) is 0 Å². The molecule has 0 saturated carbocycles. The van der Waals surface area contributed by atoms with Crippen LogP contribution in [-0.4, -0.2) is 57.5 Å². The number of fused-ring (bicyclic) bond motifs is 1. The fourth-order valence-corrected chi connectivity index (χ4v) is 5.58. The molecular formula is C29H37N5O3. The van der Waals surface area contributed by atoms with Crippen molar-refractivity contribution in [3.8, 4) is 11.3 Å². The number of hydrogen-bond acceptors (Lipinski definition) is 5. The van der Waals surface area contributed by atoms with Gasteiger partial charge in [-0.3, -0.25) is 9.59 Å². The number of aryl methyl sites for hydroxylation is 1. The molecule has 8 nitrogen and oxygen atoms in total. The normalized spacial score (nSPS) is 20.2. The lowest BCUT2D eigenvalue weighted by Crippen LogP contribution is -2.54. The molecule has 196 valence electrons. The molecule has 2 saturated heterocycles. The molecule has 2 fully saturated rings. The number of carbonyl (C=O) groups is 2. The van der Waals surface area contributed by atoms with E-state index in [-0.39, 0.29) is 29.7 Å². The lowest BCUT2D eigenvalue weighted by atomic mass is 9.90. The first-order chi connectivity index (χ1) is 18.0. The molecule has 5 rings (SSSR count). The molecule has 0 aliphatic carbocycles. The van der Waals surface area contributed by atoms with Crippen molar-refractivity contribution >= 4 is 22.8 Å². The predicted octanol–water partition coefficient (Wildman–Crippen LogP) is 4.55. The minimum atomic E-state index is -0.530. The van der Waals surface area contributed by atoms with Crippen LogP contribution in [0.2, 0.25) is 0 Å². The van der Waals surface area contributed by atoms with Gasteiger partial charge in [0.25, 0.3) is 0 Å². The number of H-pyrrole nitrogens is 1. The number of likely N-dealkylation sites (tertiary alicyclic amines) is 1. The van der Waals surface area contributed by atoms with Gasteiger partial charge < -0.3 is 19.9 Å². The molecule has 0 spiro atoms. The molecule has 0 bridgehead atoms. The third kappa shape index (κ3) is 5.25. The van der Waals surface area contributed by atoms with Crippen LogP contribution in [-0.2, 0) is 14.3 Å². The molecule has 3 aromatic rings. The zero-order chi connectivity index (χ0) is 25.9. The number of aromatic amines is 1. The van der Waals surface area contributed by atoms with Crippen LogP contribution >= 0.6 is 0 Å². The van der Waals surface area contributed by atoms with E-state index in [2.05, 4.69) is 21.4 Å². The molecule has 2 aromatic heterocycles. The Kier molecular flexibility index (Phi) is 7.55. The Morgan fingerprint density at radius 3 is 2.65 bits per heavy atom. The first kappa shape index (κ1) is 25.4. The van der Waals surface area contributed by atoms with Gasteiger partial charge >= 0.3 is 0 Å². The number of benzene rings is 1. The average molecular weight is 504 g/mol. The number of amides is 2. The van der Waals surface area contributed by atoms with Crippen molar-refractivity contribution in [2.24, 2.45) is 11.8 Å². The van der Waals surface area contributed by atoms with Crippen LogP contribution in [0.5, 0.6) is 0 Å². The largest absolute Gasteiger partial charge is 0.381 e. The number of ether oxygens (including phenoxy) is 1. The van der Waals surface area contributed by atoms with Crippen LogP contribution in [0.15, 0.2) is 36.4 Å². The highest BCUT2D eigenvalue weighted by Gasteiger charge is 2.39. The van der Waals surface area contributed by atoms with Gasteiger partial charge in [0.15, 0.2) is 0 Å². The average Bonchev–Trinajstić information content (AvgIpc) is 3.58. The number of hydrogen-bond donors (Lipinski definition) is 2. The zero-order valence-electron chi connectivity index (χ0n) is 22.0. The van der Waals surface area contributed by atoms with Crippen molar-refractivity contribution in [3.05, 3.63) is 47.9 Å². The maximum atomic E-state index is 14.1. The first-order valence-corrected chi connectivity index (χ1v) is 13.6. The second-order valence-electron chi connectivity index (χ2n) is 10.4. The molecule has 2 amide bonds. The molecule has 3 atom stereocenters. The van der Waals surface area contributed by atoms with Gasteiger partial charge in [0.05, 0.1) is 22.8 Å². The number of nitrogens with zero attached hydrogens (tertiary/aromatic N) is 3. The summed E-state index contributed by atoms with van der Waals surface area (Å²) in [6.07, 6.45) is 4.08. The lowest BCUT2D eigenvalue weighted by Gasteiger charge is -2.35. The Morgan fingerprint density at radius 1 is 1.16 bits per heavy atom. The van der Waals surface area contributed by atoms with E-state index in [4.69, 9.17) is 9.72 Å². The Bertz CT molecular complexity index is 1250. The van der Waals surface area contributed by atoms with E-state index in [1.807, 2.05) is 56.0 Å². The first-order valence-electron chi connectivity index (χ1n) is 13.6. The summed E-state index contributed by atoms with van der Waals surface area (Å²) in [5.41, 5.74) is 4.60. The van der Waals surface area contributed by atoms with Crippen LogP contribution in [0, 0.1) is 18.8 Å². The lowest BCUT2D eigenvalue weighted by molar-refractivity contribution is -0.140. The SMILES string of the molecule is CC[C@@H](C)C(=O)N[C@H](C(=O)N1CCC[C@H]1c1cc2nc(C)nc(-c3ccccc3)c2[nH]1)C1CCOCC1. The minimum Gasteiger partial charge on any atom is -0.381 e. The van der Waals surface area contributed by atoms with E-state index in [9.17, 15) is 9.59 Å². The Morgan fingerprint density at radius 2 is 1.92 bits per heavy atom. The van der Waals surface area contributed by atoms with Gasteiger partial charge in [-0.05, 0) is 51.0 Å². The summed E-state index contributed by atoms with van der Waals surface area (Å²) in [6.45, 7) is 7.74. The molecule has 8 heteroatoms. The molecule has 0 radical (unpaired) electrons. The number of nitrogens with one attached hydrogen (secondary N) is 2. The standard InChI is InChI=1S/C29H37N5O3/c1-4-18(2)28(35)33-26(21-12-15-37-16-13-21)29(36)34-14-8-11-24(34)22-17-23-27(32-22)25(31-19(3)30-23)20-9-6-5-7-10-20/h5-7,9-10,17-18,21,24,26,32H,4,8,11-16H2,1-3H3,(H,33,35)/t18-,24+,26+/m1/s1. The fourth-order valence-electron chi connectivity index (χ4n) is 5.58. The molecule has 2 aliphatic rings. The summed E-state index contributed by atoms with van der Waals surface area (Å²) in [5, 5.41) is 3.13. The third-order valence-corrected chi connectivity index (χ3v) is 7.91. The third-order valence-electron chi connectivity index (χ3n) is 7.91. The van der Waals surface area contributed by atoms with Crippen LogP contribution < -0.4 is 5.32 Å². The predicted molar refractivity (Wildman–Crippen MR) is 143 cm³/mol. The van der Waals surface area contributed by atoms with Crippen LogP contribution in [0.25, 0.3) is 22.3 Å². The molecule has 4 heterocycles. The summed E-state index contributed by atoms with van der Waals surface area (Å²) in [6, 6.07) is 11.5. The summed E-state index contributed by atoms with van der Waals surface area (Å²) in [4.78, 5) is 41.9. The topological polar surface area (TPSA) is 100 Å². The van der Waals surface area contributed by atoms with E-state index in [0.29, 0.717) is 25.6 Å². The van der Waals surface area contributed by atoms with E-state index >= 15 is 0 Å². The molecule has 1 aromatic carbocycles. The Balaban J connectivity index is 1.46. The highest BCUT2D eigenvalue weighted by molar-refractivity contribution is 5.91. The monoisotopic (exact) mass is 503 g/mol. The van der Waals surface area contributed by atoms with E-state index in [0.717, 1.165) is 60.1 Å². The van der Waals surface area contributed by atoms with Crippen LogP contribution in [0.1, 0.15) is 63.5 Å². The minimum absolute atomic E-state index is 0.00950. The number of carbonyl (C=O) groups excluding carboxylic acids is 2. The summed E-state index contributed by atoms with van der Waals surface area (Å²) < 4.78 is 5.55. The van der Waals surface area contributed by atoms with Crippen LogP contribution in [0.4, 0.5) is 0 Å². The Labute approximate surface area is 218 Å². The number of aromatic nitrogens is 3. The van der Waals surface area contributed by atoms with Gasteiger partial charge in [-0.1, -0.05) is 44.2 Å². The quantitative estimate of drug-likeness (QED) is 0.493. The summed E-state index contributed by atoms with van der Waals surface area (Å²) in [5.74, 6) is 0.624. The van der Waals surface area contributed by atoms with Crippen molar-refractivity contribution in [1.29, 1.82) is 0 Å². The maximum Gasteiger partial charge on any atom is 0.246 e. The molecule has 37 heavy (non-hydrogen) atoms. The second kappa shape index (κ2) is 11.0. The fraction of sp³-hybridized carbons (Fsp3) is 0.517. The molecule has 2 aliphatic heterocycles. The van der Waals surface area contributed by atoms with E-state index < -0.39 is 6.04 Å². The van der Waals surface area contributed by atoms with E-state index in [1.54, 1.807) is 0 Å². The van der Waals surface area contributed by atoms with Crippen molar-refractivity contribution in [2.75, 3.05) is 19.8 Å². The van der Waals surface area contributed by atoms with Crippen LogP contribution in [0.3, 0.4) is 0 Å². The maximum absolute atomic E-state index is 14.1.